The van der Waals surface area contributed by atoms with Gasteiger partial charge in [0.2, 0.25) is 5.91 Å². The van der Waals surface area contributed by atoms with Crippen molar-refractivity contribution in [2.24, 2.45) is 11.7 Å². The van der Waals surface area contributed by atoms with Crippen LogP contribution in [0.4, 0.5) is 5.69 Å². The van der Waals surface area contributed by atoms with E-state index in [-0.39, 0.29) is 5.91 Å². The first-order valence-electron chi connectivity index (χ1n) is 5.74. The van der Waals surface area contributed by atoms with Crippen molar-refractivity contribution in [3.8, 4) is 0 Å². The fraction of sp³-hybridized carbons (Fsp3) is 0.500. The average molecular weight is 270 g/mol. The predicted octanol–water partition coefficient (Wildman–Crippen LogP) is 1.85. The lowest BCUT2D eigenvalue weighted by molar-refractivity contribution is -0.116. The average Bonchev–Trinajstić information content (AvgIpc) is 2.82. The number of nitrogens with two attached hydrogens (primary N) is 1. The Morgan fingerprint density at radius 2 is 2.28 bits per heavy atom. The number of hydrogen-bond acceptors (Lipinski definition) is 5. The molecule has 0 saturated heterocycles. The maximum Gasteiger partial charge on any atom is 0.350 e. The van der Waals surface area contributed by atoms with Crippen LogP contribution < -0.4 is 11.1 Å². The smallest absolute Gasteiger partial charge is 0.350 e. The Balaban J connectivity index is 2.54. The normalized spacial score (nSPS) is 11.9. The van der Waals surface area contributed by atoms with Crippen LogP contribution in [0.15, 0.2) is 11.4 Å². The molecule has 0 aromatic carbocycles. The van der Waals surface area contributed by atoms with Gasteiger partial charge in [0.15, 0.2) is 0 Å². The van der Waals surface area contributed by atoms with Gasteiger partial charge in [-0.3, -0.25) is 4.79 Å². The zero-order valence-electron chi connectivity index (χ0n) is 10.6. The van der Waals surface area contributed by atoms with Gasteiger partial charge in [-0.1, -0.05) is 6.92 Å². The van der Waals surface area contributed by atoms with Crippen LogP contribution in [-0.4, -0.2) is 25.5 Å². The molecular formula is C12H18N2O3S. The van der Waals surface area contributed by atoms with Crippen molar-refractivity contribution in [2.75, 3.05) is 19.0 Å². The van der Waals surface area contributed by atoms with Crippen LogP contribution in [0.3, 0.4) is 0 Å². The molecule has 0 aliphatic carbocycles. The minimum atomic E-state index is -0.435. The highest BCUT2D eigenvalue weighted by molar-refractivity contribution is 7.12. The number of ether oxygens (including phenoxy) is 1. The number of nitrogens with one attached hydrogen (secondary N) is 1. The van der Waals surface area contributed by atoms with Gasteiger partial charge in [0, 0.05) is 6.42 Å². The summed E-state index contributed by atoms with van der Waals surface area (Å²) >= 11 is 1.24. The Hall–Kier alpha value is -1.40. The van der Waals surface area contributed by atoms with Crippen molar-refractivity contribution in [3.63, 3.8) is 0 Å². The first-order chi connectivity index (χ1) is 8.58. The minimum absolute atomic E-state index is 0.112. The van der Waals surface area contributed by atoms with Crippen molar-refractivity contribution in [1.29, 1.82) is 0 Å². The third-order valence-electron chi connectivity index (χ3n) is 2.58. The first-order valence-corrected chi connectivity index (χ1v) is 6.62. The summed E-state index contributed by atoms with van der Waals surface area (Å²) in [5.74, 6) is -0.229. The van der Waals surface area contributed by atoms with Crippen LogP contribution in [0.5, 0.6) is 0 Å². The van der Waals surface area contributed by atoms with Crippen molar-refractivity contribution < 1.29 is 14.3 Å². The molecule has 0 aliphatic heterocycles. The van der Waals surface area contributed by atoms with Gasteiger partial charge >= 0.3 is 5.97 Å². The van der Waals surface area contributed by atoms with Gasteiger partial charge in [0.1, 0.15) is 4.88 Å². The number of carbonyl (C=O) groups is 2. The standard InChI is InChI=1S/C12H18N2O3S/c1-8(7-13)3-4-10(15)14-9-5-6-18-11(9)12(16)17-2/h5-6,8H,3-4,7,13H2,1-2H3,(H,14,15). The highest BCUT2D eigenvalue weighted by Gasteiger charge is 2.15. The van der Waals surface area contributed by atoms with E-state index in [4.69, 9.17) is 5.73 Å². The number of esters is 1. The number of rotatable bonds is 6. The molecule has 0 spiro atoms. The summed E-state index contributed by atoms with van der Waals surface area (Å²) in [6.45, 7) is 2.57. The highest BCUT2D eigenvalue weighted by atomic mass is 32.1. The van der Waals surface area contributed by atoms with Gasteiger partial charge in [0.05, 0.1) is 12.8 Å². The van der Waals surface area contributed by atoms with Gasteiger partial charge in [-0.2, -0.15) is 0 Å². The molecule has 0 bridgehead atoms. The van der Waals surface area contributed by atoms with E-state index in [0.29, 0.717) is 29.4 Å². The molecule has 1 heterocycles. The largest absolute Gasteiger partial charge is 0.465 e. The molecule has 5 nitrogen and oxygen atoms in total. The Bertz CT molecular complexity index is 417. The predicted molar refractivity (Wildman–Crippen MR) is 71.7 cm³/mol. The topological polar surface area (TPSA) is 81.4 Å². The molecular weight excluding hydrogens is 252 g/mol. The lowest BCUT2D eigenvalue weighted by Crippen LogP contribution is -2.17. The summed E-state index contributed by atoms with van der Waals surface area (Å²) in [4.78, 5) is 23.5. The second-order valence-electron chi connectivity index (χ2n) is 4.08. The maximum atomic E-state index is 11.7. The molecule has 1 amide bonds. The SMILES string of the molecule is COC(=O)c1sccc1NC(=O)CCC(C)CN. The van der Waals surface area contributed by atoms with E-state index >= 15 is 0 Å². The number of carbonyl (C=O) groups excluding carboxylic acids is 2. The molecule has 1 aromatic heterocycles. The van der Waals surface area contributed by atoms with Crippen molar-refractivity contribution in [2.45, 2.75) is 19.8 Å². The molecule has 0 saturated carbocycles. The number of hydrogen-bond donors (Lipinski definition) is 2. The van der Waals surface area contributed by atoms with Gasteiger partial charge in [0.25, 0.3) is 0 Å². The fourth-order valence-corrected chi connectivity index (χ4v) is 2.13. The van der Waals surface area contributed by atoms with Crippen molar-refractivity contribution >= 4 is 28.9 Å². The molecule has 1 aromatic rings. The summed E-state index contributed by atoms with van der Waals surface area (Å²) in [5.41, 5.74) is 6.00. The van der Waals surface area contributed by atoms with Crippen LogP contribution in [0.1, 0.15) is 29.4 Å². The Morgan fingerprint density at radius 3 is 2.89 bits per heavy atom. The molecule has 0 aliphatic rings. The Morgan fingerprint density at radius 1 is 1.56 bits per heavy atom. The summed E-state index contributed by atoms with van der Waals surface area (Å²) < 4.78 is 4.64. The molecule has 0 fully saturated rings. The monoisotopic (exact) mass is 270 g/mol. The lowest BCUT2D eigenvalue weighted by Gasteiger charge is -2.08. The molecule has 18 heavy (non-hydrogen) atoms. The summed E-state index contributed by atoms with van der Waals surface area (Å²) in [7, 11) is 1.32. The zero-order valence-corrected chi connectivity index (χ0v) is 11.4. The van der Waals surface area contributed by atoms with Crippen LogP contribution in [0, 0.1) is 5.92 Å². The van der Waals surface area contributed by atoms with E-state index in [0.717, 1.165) is 6.42 Å². The number of amides is 1. The fourth-order valence-electron chi connectivity index (χ4n) is 1.37. The van der Waals surface area contributed by atoms with E-state index in [2.05, 4.69) is 10.1 Å². The third kappa shape index (κ3) is 4.12. The first kappa shape index (κ1) is 14.7. The quantitative estimate of drug-likeness (QED) is 0.773. The summed E-state index contributed by atoms with van der Waals surface area (Å²) in [5, 5.41) is 4.46. The van der Waals surface area contributed by atoms with Crippen LogP contribution in [-0.2, 0) is 9.53 Å². The molecule has 1 rings (SSSR count). The number of methoxy groups -OCH3 is 1. The maximum absolute atomic E-state index is 11.7. The van der Waals surface area contributed by atoms with Gasteiger partial charge in [-0.05, 0) is 30.3 Å². The number of anilines is 1. The van der Waals surface area contributed by atoms with E-state index in [1.165, 1.54) is 18.4 Å². The highest BCUT2D eigenvalue weighted by Crippen LogP contribution is 2.23. The van der Waals surface area contributed by atoms with E-state index in [1.54, 1.807) is 11.4 Å². The van der Waals surface area contributed by atoms with Crippen LogP contribution in [0.25, 0.3) is 0 Å². The van der Waals surface area contributed by atoms with E-state index in [9.17, 15) is 9.59 Å². The van der Waals surface area contributed by atoms with E-state index < -0.39 is 5.97 Å². The van der Waals surface area contributed by atoms with Gasteiger partial charge < -0.3 is 15.8 Å². The second-order valence-corrected chi connectivity index (χ2v) is 5.00. The lowest BCUT2D eigenvalue weighted by atomic mass is 10.1. The summed E-state index contributed by atoms with van der Waals surface area (Å²) in [6.07, 6.45) is 1.13. The Kier molecular flexibility index (Phi) is 5.80. The van der Waals surface area contributed by atoms with Crippen LogP contribution in [0.2, 0.25) is 0 Å². The van der Waals surface area contributed by atoms with E-state index in [1.807, 2.05) is 6.92 Å². The molecule has 1 atom stereocenters. The van der Waals surface area contributed by atoms with Crippen molar-refractivity contribution in [3.05, 3.63) is 16.3 Å². The Labute approximate surface area is 110 Å². The van der Waals surface area contributed by atoms with Gasteiger partial charge in [-0.15, -0.1) is 11.3 Å². The zero-order chi connectivity index (χ0) is 13.5. The van der Waals surface area contributed by atoms with Gasteiger partial charge in [-0.25, -0.2) is 4.79 Å². The molecule has 6 heteroatoms. The minimum Gasteiger partial charge on any atom is -0.465 e. The number of thiophene rings is 1. The third-order valence-corrected chi connectivity index (χ3v) is 3.47. The van der Waals surface area contributed by atoms with Crippen LogP contribution >= 0.6 is 11.3 Å². The molecule has 3 N–H and O–H groups in total. The molecule has 1 unspecified atom stereocenters. The van der Waals surface area contributed by atoms with Crippen molar-refractivity contribution in [1.82, 2.24) is 0 Å². The summed E-state index contributed by atoms with van der Waals surface area (Å²) in [6, 6.07) is 1.70. The molecule has 0 radical (unpaired) electrons. The molecule has 100 valence electrons. The second kappa shape index (κ2) is 7.13.